The molecule has 1 amide bonds. The average Bonchev–Trinajstić information content (AvgIpc) is 3.03. The van der Waals surface area contributed by atoms with Crippen molar-refractivity contribution in [1.82, 2.24) is 10.3 Å². The highest BCUT2D eigenvalue weighted by Gasteiger charge is 2.15. The van der Waals surface area contributed by atoms with Gasteiger partial charge in [-0.2, -0.15) is 0 Å². The van der Waals surface area contributed by atoms with Gasteiger partial charge in [0, 0.05) is 25.1 Å². The van der Waals surface area contributed by atoms with Crippen LogP contribution >= 0.6 is 0 Å². The van der Waals surface area contributed by atoms with Gasteiger partial charge in [0.05, 0.1) is 11.8 Å². The van der Waals surface area contributed by atoms with Crippen LogP contribution in [0.3, 0.4) is 0 Å². The lowest BCUT2D eigenvalue weighted by molar-refractivity contribution is 0.0690. The number of hydrogen-bond acceptors (Lipinski definition) is 4. The smallest absolute Gasteiger partial charge is 0.354 e. The number of carboxylic acids is 1. The van der Waals surface area contributed by atoms with Crippen molar-refractivity contribution in [2.45, 2.75) is 6.42 Å². The number of carboxylic acid groups (broad SMARTS) is 1. The van der Waals surface area contributed by atoms with Gasteiger partial charge in [0.2, 0.25) is 0 Å². The number of benzene rings is 1. The Morgan fingerprint density at radius 2 is 2.08 bits per heavy atom. The lowest BCUT2D eigenvalue weighted by atomic mass is 10.0. The van der Waals surface area contributed by atoms with Gasteiger partial charge >= 0.3 is 5.97 Å². The fourth-order valence-corrected chi connectivity index (χ4v) is 2.47. The van der Waals surface area contributed by atoms with Crippen LogP contribution in [0.1, 0.15) is 32.0 Å². The Morgan fingerprint density at radius 3 is 2.75 bits per heavy atom. The summed E-state index contributed by atoms with van der Waals surface area (Å²) in [4.78, 5) is 26.7. The Bertz CT molecular complexity index is 949. The first-order valence-corrected chi connectivity index (χ1v) is 7.10. The van der Waals surface area contributed by atoms with Crippen LogP contribution in [0, 0.1) is 5.82 Å². The molecule has 6 nitrogen and oxygen atoms in total. The molecule has 0 bridgehead atoms. The molecule has 24 heavy (non-hydrogen) atoms. The molecule has 0 radical (unpaired) electrons. The first-order valence-electron chi connectivity index (χ1n) is 7.10. The van der Waals surface area contributed by atoms with E-state index in [4.69, 9.17) is 9.52 Å². The van der Waals surface area contributed by atoms with Crippen molar-refractivity contribution in [3.8, 4) is 0 Å². The molecule has 0 atom stereocenters. The van der Waals surface area contributed by atoms with Gasteiger partial charge in [-0.05, 0) is 23.8 Å². The van der Waals surface area contributed by atoms with E-state index < -0.39 is 17.7 Å². The molecule has 2 N–H and O–H groups in total. The number of fused-ring (bicyclic) bond motifs is 1. The third-order valence-electron chi connectivity index (χ3n) is 3.61. The standard InChI is InChI=1S/C17H13FN2O4/c1-19-16(21)11-3-2-9(7-12(11)18)6-10-8-14(17(22)23)20-13-4-5-24-15(10)13/h2-5,7-8H,6H2,1H3,(H,19,21)(H,22,23). The van der Waals surface area contributed by atoms with Gasteiger partial charge < -0.3 is 14.8 Å². The molecule has 0 aliphatic carbocycles. The van der Waals surface area contributed by atoms with E-state index in [1.54, 1.807) is 12.1 Å². The zero-order valence-electron chi connectivity index (χ0n) is 12.7. The van der Waals surface area contributed by atoms with Crippen molar-refractivity contribution in [2.75, 3.05) is 7.05 Å². The number of hydrogen-bond donors (Lipinski definition) is 2. The molecule has 0 aliphatic heterocycles. The van der Waals surface area contributed by atoms with Crippen molar-refractivity contribution < 1.29 is 23.5 Å². The van der Waals surface area contributed by atoms with Crippen LogP contribution in [0.2, 0.25) is 0 Å². The van der Waals surface area contributed by atoms with Gasteiger partial charge in [0.25, 0.3) is 5.91 Å². The molecule has 1 aromatic carbocycles. The Labute approximate surface area is 135 Å². The molecule has 2 aromatic heterocycles. The average molecular weight is 328 g/mol. The van der Waals surface area contributed by atoms with Crippen LogP contribution in [-0.4, -0.2) is 29.0 Å². The third-order valence-corrected chi connectivity index (χ3v) is 3.61. The minimum atomic E-state index is -1.15. The molecular weight excluding hydrogens is 315 g/mol. The maximum absolute atomic E-state index is 14.1. The van der Waals surface area contributed by atoms with Crippen LogP contribution in [0.15, 0.2) is 41.0 Å². The maximum atomic E-state index is 14.1. The topological polar surface area (TPSA) is 92.4 Å². The number of rotatable bonds is 4. The molecule has 122 valence electrons. The van der Waals surface area contributed by atoms with E-state index in [1.807, 2.05) is 0 Å². The highest BCUT2D eigenvalue weighted by molar-refractivity contribution is 5.94. The van der Waals surface area contributed by atoms with Crippen molar-refractivity contribution in [3.63, 3.8) is 0 Å². The second kappa shape index (κ2) is 6.11. The summed E-state index contributed by atoms with van der Waals surface area (Å²) in [5.74, 6) is -2.31. The van der Waals surface area contributed by atoms with E-state index in [0.717, 1.165) is 0 Å². The molecule has 7 heteroatoms. The number of amides is 1. The third kappa shape index (κ3) is 2.83. The molecule has 0 saturated carbocycles. The highest BCUT2D eigenvalue weighted by atomic mass is 19.1. The first-order chi connectivity index (χ1) is 11.5. The van der Waals surface area contributed by atoms with Crippen molar-refractivity contribution >= 4 is 23.0 Å². The monoisotopic (exact) mass is 328 g/mol. The molecule has 2 heterocycles. The number of aromatic carboxylic acids is 1. The molecule has 0 saturated heterocycles. The lowest BCUT2D eigenvalue weighted by Crippen LogP contribution is -2.19. The molecule has 0 aliphatic rings. The van der Waals surface area contributed by atoms with E-state index in [1.165, 1.54) is 31.5 Å². The molecular formula is C17H13FN2O4. The second-order valence-corrected chi connectivity index (χ2v) is 5.18. The summed E-state index contributed by atoms with van der Waals surface area (Å²) in [6, 6.07) is 7.23. The minimum absolute atomic E-state index is 0.0506. The quantitative estimate of drug-likeness (QED) is 0.768. The Morgan fingerprint density at radius 1 is 1.29 bits per heavy atom. The van der Waals surface area contributed by atoms with E-state index in [9.17, 15) is 14.0 Å². The predicted molar refractivity (Wildman–Crippen MR) is 83.6 cm³/mol. The Hall–Kier alpha value is -3.22. The van der Waals surface area contributed by atoms with Crippen LogP contribution in [0.25, 0.3) is 11.1 Å². The van der Waals surface area contributed by atoms with Gasteiger partial charge in [-0.25, -0.2) is 14.2 Å². The van der Waals surface area contributed by atoms with Gasteiger partial charge in [-0.15, -0.1) is 0 Å². The molecule has 0 unspecified atom stereocenters. The number of halogens is 1. The fourth-order valence-electron chi connectivity index (χ4n) is 2.47. The van der Waals surface area contributed by atoms with Gasteiger partial charge in [-0.1, -0.05) is 6.07 Å². The summed E-state index contributed by atoms with van der Waals surface area (Å²) in [5.41, 5.74) is 1.88. The molecule has 0 spiro atoms. The molecule has 0 fully saturated rings. The zero-order chi connectivity index (χ0) is 17.3. The number of furan rings is 1. The number of nitrogens with one attached hydrogen (secondary N) is 1. The van der Waals surface area contributed by atoms with Crippen molar-refractivity contribution in [3.05, 3.63) is 64.8 Å². The first kappa shape index (κ1) is 15.7. The van der Waals surface area contributed by atoms with Crippen LogP contribution in [0.4, 0.5) is 4.39 Å². The minimum Gasteiger partial charge on any atom is -0.477 e. The molecule has 3 rings (SSSR count). The number of pyridine rings is 1. The van der Waals surface area contributed by atoms with Crippen LogP contribution < -0.4 is 5.32 Å². The van der Waals surface area contributed by atoms with E-state index in [0.29, 0.717) is 22.2 Å². The summed E-state index contributed by atoms with van der Waals surface area (Å²) in [6.07, 6.45) is 1.67. The maximum Gasteiger partial charge on any atom is 0.354 e. The number of carbonyl (C=O) groups is 2. The lowest BCUT2D eigenvalue weighted by Gasteiger charge is -2.07. The summed E-state index contributed by atoms with van der Waals surface area (Å²) in [6.45, 7) is 0. The van der Waals surface area contributed by atoms with Gasteiger partial charge in [0.1, 0.15) is 17.0 Å². The van der Waals surface area contributed by atoms with E-state index >= 15 is 0 Å². The predicted octanol–water partition coefficient (Wildman–Crippen LogP) is 2.62. The van der Waals surface area contributed by atoms with E-state index in [-0.39, 0.29) is 17.7 Å². The number of nitrogens with zero attached hydrogens (tertiary/aromatic N) is 1. The van der Waals surface area contributed by atoms with Crippen molar-refractivity contribution in [1.29, 1.82) is 0 Å². The Balaban J connectivity index is 2.00. The van der Waals surface area contributed by atoms with Crippen LogP contribution in [0.5, 0.6) is 0 Å². The summed E-state index contributed by atoms with van der Waals surface area (Å²) < 4.78 is 19.4. The largest absolute Gasteiger partial charge is 0.477 e. The zero-order valence-corrected chi connectivity index (χ0v) is 12.7. The SMILES string of the molecule is CNC(=O)c1ccc(Cc2cc(C(=O)O)nc3ccoc23)cc1F. The number of aromatic nitrogens is 1. The normalized spacial score (nSPS) is 10.8. The van der Waals surface area contributed by atoms with Crippen molar-refractivity contribution in [2.24, 2.45) is 0 Å². The van der Waals surface area contributed by atoms with Gasteiger partial charge in [0.15, 0.2) is 5.58 Å². The second-order valence-electron chi connectivity index (χ2n) is 5.18. The summed E-state index contributed by atoms with van der Waals surface area (Å²) >= 11 is 0. The van der Waals surface area contributed by atoms with E-state index in [2.05, 4.69) is 10.3 Å². The summed E-state index contributed by atoms with van der Waals surface area (Å²) in [7, 11) is 1.42. The fraction of sp³-hybridized carbons (Fsp3) is 0.118. The van der Waals surface area contributed by atoms with Crippen LogP contribution in [-0.2, 0) is 6.42 Å². The number of carbonyl (C=O) groups excluding carboxylic acids is 1. The molecule has 3 aromatic rings. The summed E-state index contributed by atoms with van der Waals surface area (Å²) in [5, 5.41) is 11.5. The highest BCUT2D eigenvalue weighted by Crippen LogP contribution is 2.23. The Kier molecular flexibility index (Phi) is 3.99. The van der Waals surface area contributed by atoms with Gasteiger partial charge in [-0.3, -0.25) is 4.79 Å².